The Bertz CT molecular complexity index is 666. The van der Waals surface area contributed by atoms with E-state index in [0.29, 0.717) is 17.0 Å². The Morgan fingerprint density at radius 1 is 1.10 bits per heavy atom. The molecule has 1 heterocycles. The van der Waals surface area contributed by atoms with E-state index in [1.807, 2.05) is 25.1 Å². The van der Waals surface area contributed by atoms with Crippen molar-refractivity contribution in [2.24, 2.45) is 0 Å². The molecule has 1 aromatic carbocycles. The van der Waals surface area contributed by atoms with Gasteiger partial charge in [0.15, 0.2) is 0 Å². The third-order valence-corrected chi connectivity index (χ3v) is 4.06. The van der Waals surface area contributed by atoms with Gasteiger partial charge in [-0.2, -0.15) is 4.98 Å². The number of halogens is 1. The summed E-state index contributed by atoms with van der Waals surface area (Å²) in [6.45, 7) is 6.03. The molecule has 1 aliphatic rings. The lowest BCUT2D eigenvalue weighted by Crippen LogP contribution is -2.00. The number of rotatable bonds is 3. The molecule has 0 amide bonds. The highest BCUT2D eigenvalue weighted by Gasteiger charge is 2.28. The highest BCUT2D eigenvalue weighted by atomic mass is 35.5. The second-order valence-corrected chi connectivity index (χ2v) is 5.78. The zero-order chi connectivity index (χ0) is 14.3. The highest BCUT2D eigenvalue weighted by molar-refractivity contribution is 6.30. The average molecular weight is 289 g/mol. The molecule has 0 saturated heterocycles. The van der Waals surface area contributed by atoms with Crippen LogP contribution >= 0.6 is 11.6 Å². The molecule has 104 valence electrons. The molecule has 0 radical (unpaired) electrons. The van der Waals surface area contributed by atoms with Gasteiger partial charge in [-0.15, -0.1) is 0 Å². The number of benzene rings is 1. The zero-order valence-corrected chi connectivity index (χ0v) is 12.7. The van der Waals surface area contributed by atoms with Crippen LogP contribution in [0.1, 0.15) is 41.3 Å². The minimum Gasteiger partial charge on any atom is -0.439 e. The van der Waals surface area contributed by atoms with Crippen molar-refractivity contribution in [3.63, 3.8) is 0 Å². The van der Waals surface area contributed by atoms with Crippen molar-refractivity contribution in [3.05, 3.63) is 45.9 Å². The fourth-order valence-electron chi connectivity index (χ4n) is 2.00. The Kier molecular flexibility index (Phi) is 3.38. The Morgan fingerprint density at radius 2 is 1.85 bits per heavy atom. The summed E-state index contributed by atoms with van der Waals surface area (Å²) in [4.78, 5) is 8.87. The van der Waals surface area contributed by atoms with E-state index in [-0.39, 0.29) is 0 Å². The monoisotopic (exact) mass is 288 g/mol. The summed E-state index contributed by atoms with van der Waals surface area (Å²) in [5.41, 5.74) is 3.23. The predicted molar refractivity (Wildman–Crippen MR) is 79.7 cm³/mol. The second kappa shape index (κ2) is 5.06. The van der Waals surface area contributed by atoms with Crippen LogP contribution in [0.25, 0.3) is 0 Å². The van der Waals surface area contributed by atoms with Crippen LogP contribution in [0.15, 0.2) is 18.2 Å². The normalized spacial score (nSPS) is 14.4. The van der Waals surface area contributed by atoms with E-state index in [2.05, 4.69) is 23.8 Å². The van der Waals surface area contributed by atoms with Crippen LogP contribution in [0.2, 0.25) is 5.15 Å². The lowest BCUT2D eigenvalue weighted by Gasteiger charge is -2.11. The first kappa shape index (κ1) is 13.4. The van der Waals surface area contributed by atoms with Gasteiger partial charge in [0, 0.05) is 11.5 Å². The molecule has 20 heavy (non-hydrogen) atoms. The summed E-state index contributed by atoms with van der Waals surface area (Å²) in [6.07, 6.45) is 2.28. The molecular weight excluding hydrogens is 272 g/mol. The summed E-state index contributed by atoms with van der Waals surface area (Å²) in [5.74, 6) is 2.61. The van der Waals surface area contributed by atoms with Crippen LogP contribution in [0, 0.1) is 20.8 Å². The molecule has 0 N–H and O–H groups in total. The summed E-state index contributed by atoms with van der Waals surface area (Å²) >= 11 is 6.18. The quantitative estimate of drug-likeness (QED) is 0.766. The Morgan fingerprint density at radius 3 is 2.50 bits per heavy atom. The maximum absolute atomic E-state index is 6.18. The smallest absolute Gasteiger partial charge is 0.226 e. The van der Waals surface area contributed by atoms with Crippen molar-refractivity contribution < 1.29 is 4.74 Å². The van der Waals surface area contributed by atoms with Crippen molar-refractivity contribution in [3.8, 4) is 11.6 Å². The lowest BCUT2D eigenvalue weighted by atomic mass is 10.1. The van der Waals surface area contributed by atoms with Crippen LogP contribution in [-0.4, -0.2) is 9.97 Å². The molecule has 0 bridgehead atoms. The third-order valence-electron chi connectivity index (χ3n) is 3.69. The molecule has 0 unspecified atom stereocenters. The molecule has 1 fully saturated rings. The summed E-state index contributed by atoms with van der Waals surface area (Å²) in [7, 11) is 0. The van der Waals surface area contributed by atoms with Crippen LogP contribution < -0.4 is 4.74 Å². The van der Waals surface area contributed by atoms with Crippen LogP contribution in [-0.2, 0) is 0 Å². The van der Waals surface area contributed by atoms with Gasteiger partial charge in [-0.3, -0.25) is 0 Å². The molecule has 0 aliphatic heterocycles. The van der Waals surface area contributed by atoms with Crippen molar-refractivity contribution in [1.82, 2.24) is 9.97 Å². The number of aromatic nitrogens is 2. The molecule has 0 atom stereocenters. The molecule has 3 nitrogen and oxygen atoms in total. The Hall–Kier alpha value is -1.61. The zero-order valence-electron chi connectivity index (χ0n) is 11.9. The third kappa shape index (κ3) is 2.63. The van der Waals surface area contributed by atoms with Gasteiger partial charge in [0.05, 0.1) is 0 Å². The number of hydrogen-bond acceptors (Lipinski definition) is 3. The first-order valence-electron chi connectivity index (χ1n) is 6.83. The van der Waals surface area contributed by atoms with Crippen molar-refractivity contribution in [2.75, 3.05) is 0 Å². The number of hydrogen-bond donors (Lipinski definition) is 0. The van der Waals surface area contributed by atoms with Crippen molar-refractivity contribution >= 4 is 11.6 Å². The van der Waals surface area contributed by atoms with Crippen molar-refractivity contribution in [1.29, 1.82) is 0 Å². The number of nitrogens with zero attached hydrogens (tertiary/aromatic N) is 2. The van der Waals surface area contributed by atoms with Gasteiger partial charge < -0.3 is 4.74 Å². The van der Waals surface area contributed by atoms with Gasteiger partial charge in [-0.1, -0.05) is 17.7 Å². The molecular formula is C16H17ClN2O. The van der Waals surface area contributed by atoms with Crippen LogP contribution in [0.5, 0.6) is 11.6 Å². The number of aryl methyl sites for hydroxylation is 2. The maximum Gasteiger partial charge on any atom is 0.226 e. The van der Waals surface area contributed by atoms with Crippen molar-refractivity contribution in [2.45, 2.75) is 39.5 Å². The first-order chi connectivity index (χ1) is 9.54. The molecule has 3 rings (SSSR count). The number of ether oxygens (including phenoxy) is 1. The largest absolute Gasteiger partial charge is 0.439 e. The summed E-state index contributed by atoms with van der Waals surface area (Å²) in [5, 5.41) is 0.487. The minimum atomic E-state index is 0.454. The van der Waals surface area contributed by atoms with Gasteiger partial charge in [-0.25, -0.2) is 4.98 Å². The van der Waals surface area contributed by atoms with E-state index >= 15 is 0 Å². The van der Waals surface area contributed by atoms with Gasteiger partial charge >= 0.3 is 0 Å². The van der Waals surface area contributed by atoms with Crippen LogP contribution in [0.4, 0.5) is 0 Å². The van der Waals surface area contributed by atoms with E-state index in [4.69, 9.17) is 16.3 Å². The van der Waals surface area contributed by atoms with E-state index in [9.17, 15) is 0 Å². The average Bonchev–Trinajstić information content (AvgIpc) is 3.23. The highest BCUT2D eigenvalue weighted by Crippen LogP contribution is 2.40. The predicted octanol–water partition coefficient (Wildman–Crippen LogP) is 4.72. The maximum atomic E-state index is 6.18. The van der Waals surface area contributed by atoms with Crippen LogP contribution in [0.3, 0.4) is 0 Å². The Balaban J connectivity index is 1.94. The minimum absolute atomic E-state index is 0.454. The first-order valence-corrected chi connectivity index (χ1v) is 7.21. The Labute approximate surface area is 124 Å². The molecule has 4 heteroatoms. The van der Waals surface area contributed by atoms with E-state index in [1.165, 1.54) is 11.1 Å². The lowest BCUT2D eigenvalue weighted by molar-refractivity contribution is 0.454. The SMILES string of the molecule is Cc1ccc(Oc2nc(C3CC3)nc(Cl)c2C)cc1C. The summed E-state index contributed by atoms with van der Waals surface area (Å²) in [6, 6.07) is 6.01. The van der Waals surface area contributed by atoms with Gasteiger partial charge in [-0.05, 0) is 56.9 Å². The molecule has 1 aromatic heterocycles. The van der Waals surface area contributed by atoms with Gasteiger partial charge in [0.1, 0.15) is 16.7 Å². The van der Waals surface area contributed by atoms with Gasteiger partial charge in [0.25, 0.3) is 0 Å². The summed E-state index contributed by atoms with van der Waals surface area (Å²) < 4.78 is 5.91. The molecule has 1 saturated carbocycles. The van der Waals surface area contributed by atoms with E-state index < -0.39 is 0 Å². The second-order valence-electron chi connectivity index (χ2n) is 5.43. The fraction of sp³-hybridized carbons (Fsp3) is 0.375. The fourth-order valence-corrected chi connectivity index (χ4v) is 2.17. The van der Waals surface area contributed by atoms with Gasteiger partial charge in [0.2, 0.25) is 5.88 Å². The van der Waals surface area contributed by atoms with E-state index in [1.54, 1.807) is 0 Å². The molecule has 2 aromatic rings. The topological polar surface area (TPSA) is 35.0 Å². The molecule has 0 spiro atoms. The van der Waals surface area contributed by atoms with E-state index in [0.717, 1.165) is 30.0 Å². The molecule has 1 aliphatic carbocycles. The standard InChI is InChI=1S/C16H17ClN2O/c1-9-4-7-13(8-10(9)2)20-16-11(3)14(17)18-15(19-16)12-5-6-12/h4,7-8,12H,5-6H2,1-3H3.